The zero-order chi connectivity index (χ0) is 9.53. The summed E-state index contributed by atoms with van der Waals surface area (Å²) in [5.74, 6) is -2.54. The Balaban J connectivity index is 2.08. The topological polar surface area (TPSA) is 29.1 Å². The van der Waals surface area contributed by atoms with Crippen LogP contribution in [0.5, 0.6) is 0 Å². The molecule has 0 aromatic heterocycles. The summed E-state index contributed by atoms with van der Waals surface area (Å²) in [5.41, 5.74) is -0.443. The summed E-state index contributed by atoms with van der Waals surface area (Å²) in [6.45, 7) is 0.657. The molecule has 0 unspecified atom stereocenters. The summed E-state index contributed by atoms with van der Waals surface area (Å²) in [5, 5.41) is 2.72. The van der Waals surface area contributed by atoms with Gasteiger partial charge in [-0.1, -0.05) is 0 Å². The van der Waals surface area contributed by atoms with Crippen LogP contribution in [0, 0.1) is 5.41 Å². The van der Waals surface area contributed by atoms with Gasteiger partial charge in [-0.3, -0.25) is 4.79 Å². The summed E-state index contributed by atoms with van der Waals surface area (Å²) < 4.78 is 25.7. The first kappa shape index (κ1) is 8.91. The molecule has 0 bridgehead atoms. The van der Waals surface area contributed by atoms with Crippen molar-refractivity contribution in [3.05, 3.63) is 0 Å². The van der Waals surface area contributed by atoms with E-state index >= 15 is 0 Å². The van der Waals surface area contributed by atoms with E-state index in [0.29, 0.717) is 19.4 Å². The summed E-state index contributed by atoms with van der Waals surface area (Å²) in [6, 6.07) is 0. The lowest BCUT2D eigenvalue weighted by Gasteiger charge is -2.34. The van der Waals surface area contributed by atoms with E-state index in [9.17, 15) is 13.6 Å². The van der Waals surface area contributed by atoms with Crippen molar-refractivity contribution in [1.29, 1.82) is 0 Å². The van der Waals surface area contributed by atoms with E-state index in [2.05, 4.69) is 5.32 Å². The molecule has 1 saturated heterocycles. The van der Waals surface area contributed by atoms with Crippen LogP contribution in [-0.2, 0) is 4.79 Å². The molecule has 0 atom stereocenters. The molecule has 1 spiro atoms. The smallest absolute Gasteiger partial charge is 0.248 e. The molecule has 1 amide bonds. The first-order valence-corrected chi connectivity index (χ1v) is 4.70. The highest BCUT2D eigenvalue weighted by molar-refractivity contribution is 5.84. The van der Waals surface area contributed by atoms with Gasteiger partial charge in [0.05, 0.1) is 5.41 Å². The van der Waals surface area contributed by atoms with Crippen molar-refractivity contribution in [2.24, 2.45) is 5.41 Å². The zero-order valence-electron chi connectivity index (χ0n) is 7.41. The van der Waals surface area contributed by atoms with Crippen LogP contribution >= 0.6 is 0 Å². The van der Waals surface area contributed by atoms with Crippen LogP contribution in [0.2, 0.25) is 0 Å². The molecule has 13 heavy (non-hydrogen) atoms. The van der Waals surface area contributed by atoms with Gasteiger partial charge in [0.25, 0.3) is 0 Å². The molecule has 0 aromatic rings. The molecular weight excluding hydrogens is 176 g/mol. The Morgan fingerprint density at radius 3 is 2.15 bits per heavy atom. The first-order chi connectivity index (χ1) is 6.04. The predicted octanol–water partition coefficient (Wildman–Crippen LogP) is 1.70. The van der Waals surface area contributed by atoms with Crippen LogP contribution in [0.25, 0.3) is 0 Å². The SMILES string of the molecule is O=C1NCCC12CCC(F)(F)CC2. The average molecular weight is 189 g/mol. The van der Waals surface area contributed by atoms with Crippen LogP contribution in [0.4, 0.5) is 8.78 Å². The second kappa shape index (κ2) is 2.66. The number of carbonyl (C=O) groups excluding carboxylic acids is 1. The third-order valence-corrected chi connectivity index (χ3v) is 3.31. The molecule has 4 heteroatoms. The van der Waals surface area contributed by atoms with Gasteiger partial charge in [-0.15, -0.1) is 0 Å². The number of nitrogens with one attached hydrogen (secondary N) is 1. The Hall–Kier alpha value is -0.670. The fourth-order valence-corrected chi connectivity index (χ4v) is 2.29. The van der Waals surface area contributed by atoms with Crippen molar-refractivity contribution in [3.8, 4) is 0 Å². The van der Waals surface area contributed by atoms with Crippen LogP contribution in [0.15, 0.2) is 0 Å². The lowest BCUT2D eigenvalue weighted by atomic mass is 9.72. The molecule has 2 fully saturated rings. The highest BCUT2D eigenvalue weighted by Gasteiger charge is 2.49. The van der Waals surface area contributed by atoms with Gasteiger partial charge in [-0.05, 0) is 19.3 Å². The molecular formula is C9H13F2NO. The van der Waals surface area contributed by atoms with Gasteiger partial charge < -0.3 is 5.32 Å². The number of amides is 1. The van der Waals surface area contributed by atoms with Gasteiger partial charge in [0.1, 0.15) is 0 Å². The van der Waals surface area contributed by atoms with Crippen molar-refractivity contribution < 1.29 is 13.6 Å². The molecule has 2 aliphatic rings. The standard InChI is InChI=1S/C9H13F2NO/c10-9(11)3-1-8(2-4-9)5-6-12-7(8)13/h1-6H2,(H,12,13). The average Bonchev–Trinajstić information content (AvgIpc) is 2.41. The normalized spacial score (nSPS) is 30.5. The Labute approximate surface area is 75.7 Å². The maximum atomic E-state index is 12.8. The molecule has 74 valence electrons. The monoisotopic (exact) mass is 189 g/mol. The van der Waals surface area contributed by atoms with Gasteiger partial charge in [-0.2, -0.15) is 0 Å². The second-order valence-corrected chi connectivity index (χ2v) is 4.14. The van der Waals surface area contributed by atoms with Crippen LogP contribution in [-0.4, -0.2) is 18.4 Å². The van der Waals surface area contributed by atoms with Crippen LogP contribution in [0.1, 0.15) is 32.1 Å². The maximum absolute atomic E-state index is 12.8. The highest BCUT2D eigenvalue weighted by Crippen LogP contribution is 2.47. The van der Waals surface area contributed by atoms with E-state index in [1.165, 1.54) is 0 Å². The Morgan fingerprint density at radius 1 is 1.08 bits per heavy atom. The van der Waals surface area contributed by atoms with Gasteiger partial charge in [0.15, 0.2) is 0 Å². The summed E-state index contributed by atoms with van der Waals surface area (Å²) in [7, 11) is 0. The van der Waals surface area contributed by atoms with Crippen molar-refractivity contribution in [1.82, 2.24) is 5.32 Å². The molecule has 0 aromatic carbocycles. The highest BCUT2D eigenvalue weighted by atomic mass is 19.3. The molecule has 0 radical (unpaired) electrons. The van der Waals surface area contributed by atoms with E-state index in [1.807, 2.05) is 0 Å². The van der Waals surface area contributed by atoms with Gasteiger partial charge in [0.2, 0.25) is 11.8 Å². The van der Waals surface area contributed by atoms with Crippen molar-refractivity contribution in [2.75, 3.05) is 6.54 Å². The minimum absolute atomic E-state index is 0.0111. The Bertz CT molecular complexity index is 230. The number of hydrogen-bond acceptors (Lipinski definition) is 1. The van der Waals surface area contributed by atoms with Gasteiger partial charge >= 0.3 is 0 Å². The minimum Gasteiger partial charge on any atom is -0.356 e. The number of rotatable bonds is 0. The quantitative estimate of drug-likeness (QED) is 0.617. The Kier molecular flexibility index (Phi) is 1.82. The lowest BCUT2D eigenvalue weighted by molar-refractivity contribution is -0.134. The maximum Gasteiger partial charge on any atom is 0.248 e. The molecule has 1 aliphatic carbocycles. The molecule has 2 rings (SSSR count). The molecule has 1 heterocycles. The fourth-order valence-electron chi connectivity index (χ4n) is 2.29. The van der Waals surface area contributed by atoms with E-state index < -0.39 is 11.3 Å². The second-order valence-electron chi connectivity index (χ2n) is 4.14. The van der Waals surface area contributed by atoms with E-state index in [4.69, 9.17) is 0 Å². The predicted molar refractivity (Wildman–Crippen MR) is 43.5 cm³/mol. The number of hydrogen-bond donors (Lipinski definition) is 1. The molecule has 2 nitrogen and oxygen atoms in total. The third-order valence-electron chi connectivity index (χ3n) is 3.31. The number of alkyl halides is 2. The molecule has 1 N–H and O–H groups in total. The molecule has 1 aliphatic heterocycles. The zero-order valence-corrected chi connectivity index (χ0v) is 7.41. The minimum atomic E-state index is -2.53. The van der Waals surface area contributed by atoms with Crippen molar-refractivity contribution >= 4 is 5.91 Å². The van der Waals surface area contributed by atoms with E-state index in [-0.39, 0.29) is 18.7 Å². The van der Waals surface area contributed by atoms with Crippen LogP contribution in [0.3, 0.4) is 0 Å². The first-order valence-electron chi connectivity index (χ1n) is 4.70. The van der Waals surface area contributed by atoms with E-state index in [0.717, 1.165) is 6.42 Å². The van der Waals surface area contributed by atoms with Crippen LogP contribution < -0.4 is 5.32 Å². The molecule has 1 saturated carbocycles. The number of carbonyl (C=O) groups is 1. The fraction of sp³-hybridized carbons (Fsp3) is 0.889. The summed E-state index contributed by atoms with van der Waals surface area (Å²) >= 11 is 0. The van der Waals surface area contributed by atoms with Gasteiger partial charge in [-0.25, -0.2) is 8.78 Å². The van der Waals surface area contributed by atoms with E-state index in [1.54, 1.807) is 0 Å². The van der Waals surface area contributed by atoms with Crippen molar-refractivity contribution in [2.45, 2.75) is 38.0 Å². The third kappa shape index (κ3) is 1.42. The van der Waals surface area contributed by atoms with Gasteiger partial charge in [0, 0.05) is 19.4 Å². The summed E-state index contributed by atoms with van der Waals surface area (Å²) in [6.07, 6.45) is 1.19. The Morgan fingerprint density at radius 2 is 1.69 bits per heavy atom. The summed E-state index contributed by atoms with van der Waals surface area (Å²) in [4.78, 5) is 11.4. The largest absolute Gasteiger partial charge is 0.356 e. The lowest BCUT2D eigenvalue weighted by Crippen LogP contribution is -2.38. The van der Waals surface area contributed by atoms with Crippen molar-refractivity contribution in [3.63, 3.8) is 0 Å². The number of halogens is 2.